The summed E-state index contributed by atoms with van der Waals surface area (Å²) in [7, 11) is 0. The third kappa shape index (κ3) is 5.60. The van der Waals surface area contributed by atoms with Crippen molar-refractivity contribution in [2.24, 2.45) is 0 Å². The molecule has 1 unspecified atom stereocenters. The number of aryl methyl sites for hydroxylation is 1. The first-order chi connectivity index (χ1) is 22.4. The zero-order chi connectivity index (χ0) is 31.8. The Morgan fingerprint density at radius 1 is 0.978 bits per heavy atom. The summed E-state index contributed by atoms with van der Waals surface area (Å²) in [5.41, 5.74) is 7.03. The number of rotatable bonds is 7. The van der Waals surface area contributed by atoms with E-state index >= 15 is 0 Å². The highest BCUT2D eigenvalue weighted by atomic mass is 32.2. The Morgan fingerprint density at radius 2 is 1.76 bits per heavy atom. The second kappa shape index (κ2) is 12.4. The highest BCUT2D eigenvalue weighted by molar-refractivity contribution is 8.00. The molecule has 1 N–H and O–H groups in total. The number of nitrogens with one attached hydrogen (secondary N) is 1. The van der Waals surface area contributed by atoms with Crippen molar-refractivity contribution in [1.82, 2.24) is 15.1 Å². The monoisotopic (exact) mass is 634 g/mol. The number of anilines is 1. The van der Waals surface area contributed by atoms with Gasteiger partial charge in [0.1, 0.15) is 18.2 Å². The lowest BCUT2D eigenvalue weighted by atomic mass is 9.99. The van der Waals surface area contributed by atoms with Crippen molar-refractivity contribution in [3.05, 3.63) is 125 Å². The number of thioether (sulfide) groups is 1. The number of ether oxygens (including phenoxy) is 2. The van der Waals surface area contributed by atoms with Crippen LogP contribution in [0.3, 0.4) is 0 Å². The third-order valence-electron chi connectivity index (χ3n) is 8.34. The van der Waals surface area contributed by atoms with E-state index < -0.39 is 0 Å². The summed E-state index contributed by atoms with van der Waals surface area (Å²) in [4.78, 5) is 29.1. The molecular weight excluding hydrogens is 603 g/mol. The highest BCUT2D eigenvalue weighted by Gasteiger charge is 2.38. The lowest BCUT2D eigenvalue weighted by Crippen LogP contribution is -2.42. The lowest BCUT2D eigenvalue weighted by molar-refractivity contribution is -0.123. The Kier molecular flexibility index (Phi) is 7.96. The van der Waals surface area contributed by atoms with Gasteiger partial charge in [0, 0.05) is 17.7 Å². The molecule has 3 heterocycles. The minimum absolute atomic E-state index is 0.139. The summed E-state index contributed by atoms with van der Waals surface area (Å²) < 4.78 is 26.6. The minimum Gasteiger partial charge on any atom is -0.454 e. The van der Waals surface area contributed by atoms with E-state index in [-0.39, 0.29) is 48.5 Å². The first-order valence-electron chi connectivity index (χ1n) is 14.9. The first-order valence-corrected chi connectivity index (χ1v) is 16.0. The van der Waals surface area contributed by atoms with Gasteiger partial charge in [0.15, 0.2) is 11.5 Å². The molecule has 10 heteroatoms. The van der Waals surface area contributed by atoms with Crippen molar-refractivity contribution in [2.45, 2.75) is 25.6 Å². The zero-order valence-corrected chi connectivity index (χ0v) is 26.1. The zero-order valence-electron chi connectivity index (χ0n) is 25.3. The molecule has 4 aromatic carbocycles. The van der Waals surface area contributed by atoms with Gasteiger partial charge in [0.05, 0.1) is 22.4 Å². The van der Waals surface area contributed by atoms with E-state index in [0.717, 1.165) is 44.8 Å². The van der Waals surface area contributed by atoms with Gasteiger partial charge in [0.2, 0.25) is 18.6 Å². The summed E-state index contributed by atoms with van der Waals surface area (Å²) in [6.45, 7) is 4.21. The fourth-order valence-corrected chi connectivity index (χ4v) is 6.99. The SMILES string of the molecule is Cc1cccc(-n2nc(-c3ccccc3)c3c2N(CC(=O)NCc2ccc(F)cc2)C(=O)CSC3c2ccc3c(c2)OCO3)c1C. The topological polar surface area (TPSA) is 85.7 Å². The second-order valence-corrected chi connectivity index (χ2v) is 12.4. The van der Waals surface area contributed by atoms with E-state index in [1.807, 2.05) is 85.3 Å². The Balaban J connectivity index is 1.39. The number of benzene rings is 4. The van der Waals surface area contributed by atoms with Crippen LogP contribution in [0.15, 0.2) is 91.0 Å². The van der Waals surface area contributed by atoms with Crippen LogP contribution in [0.5, 0.6) is 11.5 Å². The van der Waals surface area contributed by atoms with Gasteiger partial charge >= 0.3 is 0 Å². The molecule has 0 spiro atoms. The van der Waals surface area contributed by atoms with Gasteiger partial charge in [-0.3, -0.25) is 14.5 Å². The van der Waals surface area contributed by atoms with E-state index in [0.29, 0.717) is 17.3 Å². The van der Waals surface area contributed by atoms with E-state index in [9.17, 15) is 14.0 Å². The maximum atomic E-state index is 14.1. The molecule has 2 amide bonds. The smallest absolute Gasteiger partial charge is 0.240 e. The third-order valence-corrected chi connectivity index (χ3v) is 9.60. The standard InChI is InChI=1S/C36H31FN4O4S/c1-22-7-6-10-28(23(22)2)41-36-33(34(39-41)25-8-4-3-5-9-25)35(26-13-16-29-30(17-26)45-21-44-29)46-20-32(43)40(36)19-31(42)38-18-24-11-14-27(37)15-12-24/h3-17,35H,18-21H2,1-2H3,(H,38,42). The first kappa shape index (κ1) is 29.6. The molecule has 2 aliphatic rings. The molecular formula is C36H31FN4O4S. The molecule has 0 radical (unpaired) electrons. The van der Waals surface area contributed by atoms with Gasteiger partial charge in [-0.15, -0.1) is 11.8 Å². The van der Waals surface area contributed by atoms with Crippen LogP contribution < -0.4 is 19.7 Å². The molecule has 232 valence electrons. The summed E-state index contributed by atoms with van der Waals surface area (Å²) in [6, 6.07) is 27.7. The number of fused-ring (bicyclic) bond motifs is 2. The number of carbonyl (C=O) groups excluding carboxylic acids is 2. The minimum atomic E-state index is -0.346. The number of aromatic nitrogens is 2. The van der Waals surface area contributed by atoms with Crippen molar-refractivity contribution < 1.29 is 23.5 Å². The van der Waals surface area contributed by atoms with E-state index in [4.69, 9.17) is 14.6 Å². The van der Waals surface area contributed by atoms with E-state index in [1.165, 1.54) is 23.9 Å². The largest absolute Gasteiger partial charge is 0.454 e. The summed E-state index contributed by atoms with van der Waals surface area (Å²) in [5.74, 6) is 1.11. The summed E-state index contributed by atoms with van der Waals surface area (Å²) in [5, 5.41) is 7.80. The van der Waals surface area contributed by atoms with Crippen molar-refractivity contribution in [3.8, 4) is 28.4 Å². The molecule has 7 rings (SSSR count). The lowest BCUT2D eigenvalue weighted by Gasteiger charge is -2.24. The number of carbonyl (C=O) groups is 2. The average molecular weight is 635 g/mol. The highest BCUT2D eigenvalue weighted by Crippen LogP contribution is 2.50. The van der Waals surface area contributed by atoms with Crippen molar-refractivity contribution in [1.29, 1.82) is 0 Å². The number of halogens is 1. The molecule has 0 fully saturated rings. The number of amides is 2. The van der Waals surface area contributed by atoms with Crippen LogP contribution in [0.4, 0.5) is 10.2 Å². The number of nitrogens with zero attached hydrogens (tertiary/aromatic N) is 3. The molecule has 1 aromatic heterocycles. The van der Waals surface area contributed by atoms with Gasteiger partial charge in [-0.2, -0.15) is 5.10 Å². The Bertz CT molecular complexity index is 1940. The van der Waals surface area contributed by atoms with Crippen LogP contribution in [0, 0.1) is 19.7 Å². The van der Waals surface area contributed by atoms with Crippen molar-refractivity contribution >= 4 is 29.4 Å². The van der Waals surface area contributed by atoms with Crippen molar-refractivity contribution in [2.75, 3.05) is 24.0 Å². The van der Waals surface area contributed by atoms with Gasteiger partial charge in [-0.1, -0.05) is 60.7 Å². The normalized spacial score (nSPS) is 15.4. The van der Waals surface area contributed by atoms with Gasteiger partial charge < -0.3 is 14.8 Å². The Hall–Kier alpha value is -5.09. The van der Waals surface area contributed by atoms with Crippen LogP contribution in [-0.2, 0) is 16.1 Å². The number of hydrogen-bond donors (Lipinski definition) is 1. The number of hydrogen-bond acceptors (Lipinski definition) is 6. The van der Waals surface area contributed by atoms with Gasteiger partial charge in [-0.25, -0.2) is 9.07 Å². The van der Waals surface area contributed by atoms with Gasteiger partial charge in [0.25, 0.3) is 0 Å². The Morgan fingerprint density at radius 3 is 2.57 bits per heavy atom. The molecule has 0 bridgehead atoms. The molecule has 46 heavy (non-hydrogen) atoms. The molecule has 5 aromatic rings. The molecule has 1 atom stereocenters. The molecule has 8 nitrogen and oxygen atoms in total. The van der Waals surface area contributed by atoms with Crippen molar-refractivity contribution in [3.63, 3.8) is 0 Å². The Labute approximate surface area is 270 Å². The molecule has 0 aliphatic carbocycles. The van der Waals surface area contributed by atoms with Crippen LogP contribution in [0.25, 0.3) is 16.9 Å². The van der Waals surface area contributed by atoms with E-state index in [2.05, 4.69) is 5.32 Å². The molecule has 0 saturated heterocycles. The fraction of sp³-hybridized carbons (Fsp3) is 0.194. The second-order valence-electron chi connectivity index (χ2n) is 11.3. The quantitative estimate of drug-likeness (QED) is 0.220. The molecule has 0 saturated carbocycles. The predicted octanol–water partition coefficient (Wildman–Crippen LogP) is 6.51. The van der Waals surface area contributed by atoms with Crippen LogP contribution in [-0.4, -0.2) is 40.7 Å². The van der Waals surface area contributed by atoms with Crippen LogP contribution >= 0.6 is 11.8 Å². The van der Waals surface area contributed by atoms with Gasteiger partial charge in [-0.05, 0) is 66.4 Å². The predicted molar refractivity (Wildman–Crippen MR) is 176 cm³/mol. The maximum Gasteiger partial charge on any atom is 0.240 e. The maximum absolute atomic E-state index is 14.1. The molecule has 2 aliphatic heterocycles. The van der Waals surface area contributed by atoms with E-state index in [1.54, 1.807) is 17.0 Å². The average Bonchev–Trinajstić information content (AvgIpc) is 3.67. The fourth-order valence-electron chi connectivity index (χ4n) is 5.80. The summed E-state index contributed by atoms with van der Waals surface area (Å²) >= 11 is 1.49. The summed E-state index contributed by atoms with van der Waals surface area (Å²) in [6.07, 6.45) is 0. The van der Waals surface area contributed by atoms with Crippen LogP contribution in [0.1, 0.15) is 33.1 Å². The van der Waals surface area contributed by atoms with Crippen LogP contribution in [0.2, 0.25) is 0 Å².